The first-order valence-electron chi connectivity index (χ1n) is 19.3. The summed E-state index contributed by atoms with van der Waals surface area (Å²) in [6.45, 7) is 2.08. The number of Topliss-reactive ketones (excluding diaryl/α,β-unsaturated/α-hetero) is 1. The zero-order valence-corrected chi connectivity index (χ0v) is 38.4. The molecule has 0 aliphatic heterocycles. The summed E-state index contributed by atoms with van der Waals surface area (Å²) in [5.74, 6) is 5.57. The van der Waals surface area contributed by atoms with Gasteiger partial charge in [0.05, 0.1) is 42.7 Å². The summed E-state index contributed by atoms with van der Waals surface area (Å²) >= 11 is 0. The van der Waals surface area contributed by atoms with Crippen molar-refractivity contribution in [2.75, 3.05) is 60.7 Å². The fourth-order valence-corrected chi connectivity index (χ4v) is 8.19. The predicted molar refractivity (Wildman–Crippen MR) is 234 cm³/mol. The van der Waals surface area contributed by atoms with Crippen LogP contribution in [0.25, 0.3) is 24.3 Å². The Morgan fingerprint density at radius 1 is 0.567 bits per heavy atom. The molecule has 1 amide bonds. The van der Waals surface area contributed by atoms with Crippen LogP contribution in [-0.2, 0) is 22.7 Å². The molecule has 4 rings (SSSR count). The number of ether oxygens (including phenoxy) is 6. The molecule has 2 heterocycles. The van der Waals surface area contributed by atoms with Gasteiger partial charge in [-0.2, -0.15) is 9.13 Å². The van der Waals surface area contributed by atoms with E-state index in [1.165, 1.54) is 0 Å². The molecule has 0 bridgehead atoms. The van der Waals surface area contributed by atoms with Crippen LogP contribution >= 0.6 is 21.6 Å². The fraction of sp³-hybridized carbons (Fsp3) is 0.378. The number of pyridine rings is 2. The molecule has 0 unspecified atom stereocenters. The van der Waals surface area contributed by atoms with Gasteiger partial charge in [0.15, 0.2) is 35.4 Å². The van der Waals surface area contributed by atoms with E-state index >= 15 is 0 Å². The molecule has 0 fully saturated rings. The van der Waals surface area contributed by atoms with E-state index < -0.39 is 0 Å². The molecule has 0 radical (unpaired) electrons. The zero-order chi connectivity index (χ0) is 41.5. The third kappa shape index (κ3) is 16.5. The normalized spacial score (nSPS) is 10.8. The van der Waals surface area contributed by atoms with Crippen molar-refractivity contribution in [2.24, 2.45) is 0 Å². The molecule has 4 aromatic rings. The van der Waals surface area contributed by atoms with Gasteiger partial charge >= 0.3 is 0 Å². The average molecular weight is 903 g/mol. The molecule has 2 aromatic heterocycles. The molecular formula is C45H57Cl2N3O8S2. The minimum absolute atomic E-state index is 0. The number of benzene rings is 2. The van der Waals surface area contributed by atoms with Crippen LogP contribution in [0.1, 0.15) is 61.0 Å². The Labute approximate surface area is 375 Å². The van der Waals surface area contributed by atoms with Crippen LogP contribution < -0.4 is 67.7 Å². The third-order valence-electron chi connectivity index (χ3n) is 9.15. The van der Waals surface area contributed by atoms with Crippen LogP contribution in [0.15, 0.2) is 73.1 Å². The number of hydrogen-bond acceptors (Lipinski definition) is 10. The fourth-order valence-electron chi connectivity index (χ4n) is 6.20. The van der Waals surface area contributed by atoms with Crippen molar-refractivity contribution in [2.45, 2.75) is 51.6 Å². The number of methoxy groups -OCH3 is 6. The van der Waals surface area contributed by atoms with Crippen LogP contribution in [0.3, 0.4) is 0 Å². The Kier molecular flexibility index (Phi) is 24.8. The Morgan fingerprint density at radius 3 is 1.45 bits per heavy atom. The number of carbonyl (C=O) groups is 2. The third-order valence-corrected chi connectivity index (χ3v) is 11.6. The molecule has 11 nitrogen and oxygen atoms in total. The van der Waals surface area contributed by atoms with E-state index in [0.717, 1.165) is 59.8 Å². The lowest BCUT2D eigenvalue weighted by atomic mass is 10.1. The van der Waals surface area contributed by atoms with Gasteiger partial charge in [-0.1, -0.05) is 21.6 Å². The summed E-state index contributed by atoms with van der Waals surface area (Å²) in [6, 6.07) is 19.7. The van der Waals surface area contributed by atoms with Gasteiger partial charge < -0.3 is 58.6 Å². The molecule has 0 aliphatic rings. The Morgan fingerprint density at radius 2 is 1.00 bits per heavy atom. The highest BCUT2D eigenvalue weighted by molar-refractivity contribution is 8.76. The summed E-state index contributed by atoms with van der Waals surface area (Å²) < 4.78 is 37.1. The molecule has 0 saturated carbocycles. The van der Waals surface area contributed by atoms with Gasteiger partial charge in [0.25, 0.3) is 0 Å². The zero-order valence-electron chi connectivity index (χ0n) is 35.2. The first-order chi connectivity index (χ1) is 28.3. The van der Waals surface area contributed by atoms with Crippen molar-refractivity contribution in [3.8, 4) is 34.5 Å². The Balaban J connectivity index is 0.00000620. The minimum atomic E-state index is 0. The first kappa shape index (κ1) is 51.6. The maximum Gasteiger partial charge on any atom is 0.220 e. The van der Waals surface area contributed by atoms with E-state index in [2.05, 4.69) is 20.5 Å². The summed E-state index contributed by atoms with van der Waals surface area (Å²) in [4.78, 5) is 25.1. The van der Waals surface area contributed by atoms with Crippen molar-refractivity contribution < 1.29 is 72.0 Å². The summed E-state index contributed by atoms with van der Waals surface area (Å²) in [6.07, 6.45) is 16.1. The monoisotopic (exact) mass is 901 g/mol. The number of amides is 1. The van der Waals surface area contributed by atoms with Crippen molar-refractivity contribution in [1.82, 2.24) is 5.32 Å². The predicted octanol–water partition coefficient (Wildman–Crippen LogP) is 1.77. The van der Waals surface area contributed by atoms with E-state index in [-0.39, 0.29) is 30.7 Å². The lowest BCUT2D eigenvalue weighted by Crippen LogP contribution is -3.00. The Bertz CT molecular complexity index is 1810. The SMILES string of the molecule is COc1cc(/C=C/c2cccc[n+]2CCCC(=O)CCCSSCCNC(=O)CCC[n+]2ccccc2/C=C/c2cc(OC)c(OC)c(OC)c2)cc(OC)c1OC.[Cl-].[Cl-]. The lowest BCUT2D eigenvalue weighted by molar-refractivity contribution is -0.699. The summed E-state index contributed by atoms with van der Waals surface area (Å²) in [7, 11) is 13.1. The number of nitrogens with zero attached hydrogens (tertiary/aromatic N) is 2. The van der Waals surface area contributed by atoms with Crippen LogP contribution in [-0.4, -0.2) is 72.4 Å². The number of halogens is 2. The van der Waals surface area contributed by atoms with Crippen molar-refractivity contribution >= 4 is 57.6 Å². The van der Waals surface area contributed by atoms with Gasteiger partial charge in [-0.25, -0.2) is 0 Å². The van der Waals surface area contributed by atoms with E-state index in [0.29, 0.717) is 72.6 Å². The average Bonchev–Trinajstić information content (AvgIpc) is 3.25. The number of ketones is 1. The lowest BCUT2D eigenvalue weighted by Gasteiger charge is -2.12. The number of hydrogen-bond donors (Lipinski definition) is 1. The molecule has 1 N–H and O–H groups in total. The molecule has 0 atom stereocenters. The van der Waals surface area contributed by atoms with Gasteiger partial charge in [-0.3, -0.25) is 9.59 Å². The van der Waals surface area contributed by atoms with Crippen molar-refractivity contribution in [1.29, 1.82) is 0 Å². The second kappa shape index (κ2) is 28.8. The second-order valence-corrected chi connectivity index (χ2v) is 15.8. The number of rotatable bonds is 26. The number of carbonyl (C=O) groups excluding carboxylic acids is 2. The molecule has 0 saturated heterocycles. The maximum atomic E-state index is 12.6. The van der Waals surface area contributed by atoms with Crippen LogP contribution in [0.4, 0.5) is 0 Å². The molecular weight excluding hydrogens is 846 g/mol. The highest BCUT2D eigenvalue weighted by Gasteiger charge is 2.15. The summed E-state index contributed by atoms with van der Waals surface area (Å²) in [5.41, 5.74) is 3.89. The number of aryl methyl sites for hydroxylation is 2. The van der Waals surface area contributed by atoms with Crippen LogP contribution in [0, 0.1) is 0 Å². The smallest absolute Gasteiger partial charge is 0.220 e. The molecule has 326 valence electrons. The van der Waals surface area contributed by atoms with E-state index in [9.17, 15) is 9.59 Å². The molecule has 60 heavy (non-hydrogen) atoms. The van der Waals surface area contributed by atoms with Gasteiger partial charge in [0.1, 0.15) is 18.9 Å². The first-order valence-corrected chi connectivity index (χ1v) is 21.8. The number of aromatic nitrogens is 2. The molecule has 2 aromatic carbocycles. The van der Waals surface area contributed by atoms with Gasteiger partial charge in [-0.15, -0.1) is 0 Å². The second-order valence-electron chi connectivity index (χ2n) is 13.1. The minimum Gasteiger partial charge on any atom is -1.00 e. The Hall–Kier alpha value is -4.56. The van der Waals surface area contributed by atoms with Crippen LogP contribution in [0.5, 0.6) is 34.5 Å². The van der Waals surface area contributed by atoms with Crippen molar-refractivity contribution in [3.05, 3.63) is 95.6 Å². The van der Waals surface area contributed by atoms with Crippen LogP contribution in [0.2, 0.25) is 0 Å². The van der Waals surface area contributed by atoms with Crippen molar-refractivity contribution in [3.63, 3.8) is 0 Å². The highest BCUT2D eigenvalue weighted by atomic mass is 35.5. The van der Waals surface area contributed by atoms with E-state index in [1.807, 2.05) is 91.3 Å². The van der Waals surface area contributed by atoms with Gasteiger partial charge in [0, 0.05) is 86.6 Å². The standard InChI is InChI=1S/C45H56N3O8S2.2ClH/c1-51-39-30-34(31-40(52-2)44(39)55-5)19-21-36-14-7-9-24-47(36)26-11-16-38(49)17-13-28-57-58-29-23-46-43(50)18-12-27-48-25-10-8-15-37(48)22-20-35-32-41(53-3)45(56-6)42(33-35)54-4;;/h7-10,14-15,19-22,24-25,30-33H,11-13,16-18,23,26-29H2,1-6H3;2*1H/q+1;;/p-1/b21-19+,22-20+;;. The molecule has 0 spiro atoms. The topological polar surface area (TPSA) is 109 Å². The van der Waals surface area contributed by atoms with E-state index in [1.54, 1.807) is 64.2 Å². The highest BCUT2D eigenvalue weighted by Crippen LogP contribution is 2.39. The molecule has 0 aliphatic carbocycles. The maximum absolute atomic E-state index is 12.6. The summed E-state index contributed by atoms with van der Waals surface area (Å²) in [5, 5.41) is 3.04. The quantitative estimate of drug-likeness (QED) is 0.0570. The van der Waals surface area contributed by atoms with Gasteiger partial charge in [-0.05, 0) is 66.1 Å². The number of nitrogens with one attached hydrogen (secondary N) is 1. The molecule has 15 heteroatoms. The largest absolute Gasteiger partial charge is 1.00 e. The van der Waals surface area contributed by atoms with E-state index in [4.69, 9.17) is 28.4 Å². The van der Waals surface area contributed by atoms with Gasteiger partial charge in [0.2, 0.25) is 28.8 Å².